The third kappa shape index (κ3) is 3.40. The summed E-state index contributed by atoms with van der Waals surface area (Å²) in [5, 5.41) is 4.57. The minimum absolute atomic E-state index is 0.938. The lowest BCUT2D eigenvalue weighted by Gasteiger charge is -1.99. The molecular formula is C15H20N2S. The minimum Gasteiger partial charge on any atom is -0.312 e. The number of nitrogens with zero attached hydrogens (tertiary/aromatic N) is 1. The highest BCUT2D eigenvalue weighted by Gasteiger charge is 2.07. The highest BCUT2D eigenvalue weighted by molar-refractivity contribution is 7.11. The first-order valence-corrected chi connectivity index (χ1v) is 7.22. The van der Waals surface area contributed by atoms with Crippen molar-refractivity contribution >= 4 is 11.3 Å². The van der Waals surface area contributed by atoms with Crippen LogP contribution in [-0.2, 0) is 13.0 Å². The molecule has 2 nitrogen and oxygen atoms in total. The summed E-state index contributed by atoms with van der Waals surface area (Å²) in [5.41, 5.74) is 3.81. The number of hydrogen-bond acceptors (Lipinski definition) is 3. The summed E-state index contributed by atoms with van der Waals surface area (Å²) in [6.45, 7) is 8.29. The van der Waals surface area contributed by atoms with Gasteiger partial charge in [0.1, 0.15) is 0 Å². The van der Waals surface area contributed by atoms with Crippen LogP contribution in [0.1, 0.15) is 33.6 Å². The van der Waals surface area contributed by atoms with Crippen molar-refractivity contribution in [3.05, 3.63) is 51.0 Å². The summed E-state index contributed by atoms with van der Waals surface area (Å²) in [7, 11) is 0. The van der Waals surface area contributed by atoms with Crippen LogP contribution >= 0.6 is 11.3 Å². The molecule has 0 spiro atoms. The van der Waals surface area contributed by atoms with Crippen LogP contribution in [0.15, 0.2) is 24.3 Å². The molecule has 0 saturated heterocycles. The monoisotopic (exact) mass is 260 g/mol. The second kappa shape index (κ2) is 6.12. The topological polar surface area (TPSA) is 24.9 Å². The van der Waals surface area contributed by atoms with Crippen molar-refractivity contribution in [3.8, 4) is 0 Å². The molecule has 0 unspecified atom stereocenters. The lowest BCUT2D eigenvalue weighted by atomic mass is 10.1. The van der Waals surface area contributed by atoms with Crippen LogP contribution in [0.25, 0.3) is 0 Å². The van der Waals surface area contributed by atoms with Gasteiger partial charge in [0, 0.05) is 17.8 Å². The highest BCUT2D eigenvalue weighted by atomic mass is 32.1. The van der Waals surface area contributed by atoms with Crippen LogP contribution in [0.3, 0.4) is 0 Å². The van der Waals surface area contributed by atoms with Gasteiger partial charge in [0.15, 0.2) is 0 Å². The molecule has 1 aromatic carbocycles. The predicted octanol–water partition coefficient (Wildman–Crippen LogP) is 3.46. The Kier molecular flexibility index (Phi) is 4.50. The molecule has 0 radical (unpaired) electrons. The number of thiazole rings is 1. The fourth-order valence-corrected chi connectivity index (χ4v) is 2.92. The Labute approximate surface area is 113 Å². The fraction of sp³-hybridized carbons (Fsp3) is 0.400. The molecule has 2 aromatic rings. The summed E-state index contributed by atoms with van der Waals surface area (Å²) >= 11 is 1.82. The molecule has 3 heteroatoms. The van der Waals surface area contributed by atoms with Gasteiger partial charge in [-0.25, -0.2) is 4.98 Å². The summed E-state index contributed by atoms with van der Waals surface area (Å²) < 4.78 is 0. The number of aryl methyl sites for hydroxylation is 2. The normalized spacial score (nSPS) is 10.8. The van der Waals surface area contributed by atoms with Gasteiger partial charge in [-0.1, -0.05) is 36.8 Å². The first-order chi connectivity index (χ1) is 8.69. The van der Waals surface area contributed by atoms with Gasteiger partial charge in [0.05, 0.1) is 10.7 Å². The maximum Gasteiger partial charge on any atom is 0.0975 e. The SMILES string of the molecule is CCNCc1sc(Cc2ccc(C)cc2)nc1C. The van der Waals surface area contributed by atoms with E-state index in [1.165, 1.54) is 26.7 Å². The van der Waals surface area contributed by atoms with Crippen LogP contribution in [0.5, 0.6) is 0 Å². The zero-order chi connectivity index (χ0) is 13.0. The number of hydrogen-bond donors (Lipinski definition) is 1. The van der Waals surface area contributed by atoms with Gasteiger partial charge < -0.3 is 5.32 Å². The van der Waals surface area contributed by atoms with Crippen LogP contribution in [0.2, 0.25) is 0 Å². The number of rotatable bonds is 5. The second-order valence-corrected chi connectivity index (χ2v) is 5.73. The van der Waals surface area contributed by atoms with E-state index in [1.54, 1.807) is 0 Å². The molecule has 0 aliphatic carbocycles. The summed E-state index contributed by atoms with van der Waals surface area (Å²) in [4.78, 5) is 6.02. The summed E-state index contributed by atoms with van der Waals surface area (Å²) in [6, 6.07) is 8.71. The molecule has 0 bridgehead atoms. The largest absolute Gasteiger partial charge is 0.312 e. The maximum absolute atomic E-state index is 4.66. The smallest absolute Gasteiger partial charge is 0.0975 e. The average molecular weight is 260 g/mol. The first kappa shape index (κ1) is 13.2. The number of benzene rings is 1. The van der Waals surface area contributed by atoms with E-state index in [1.807, 2.05) is 11.3 Å². The maximum atomic E-state index is 4.66. The van der Waals surface area contributed by atoms with Crippen molar-refractivity contribution in [1.82, 2.24) is 10.3 Å². The van der Waals surface area contributed by atoms with E-state index < -0.39 is 0 Å². The average Bonchev–Trinajstić information content (AvgIpc) is 2.70. The summed E-state index contributed by atoms with van der Waals surface area (Å²) in [5.74, 6) is 0. The standard InChI is InChI=1S/C15H20N2S/c1-4-16-10-14-12(3)17-15(18-14)9-13-7-5-11(2)6-8-13/h5-8,16H,4,9-10H2,1-3H3. The van der Waals surface area contributed by atoms with Crippen molar-refractivity contribution in [3.63, 3.8) is 0 Å². The fourth-order valence-electron chi connectivity index (χ4n) is 1.85. The Morgan fingerprint density at radius 2 is 1.89 bits per heavy atom. The van der Waals surface area contributed by atoms with Crippen LogP contribution in [0, 0.1) is 13.8 Å². The second-order valence-electron chi connectivity index (χ2n) is 4.56. The Balaban J connectivity index is 2.07. The van der Waals surface area contributed by atoms with Gasteiger partial charge in [-0.2, -0.15) is 0 Å². The Morgan fingerprint density at radius 1 is 1.17 bits per heavy atom. The van der Waals surface area contributed by atoms with Gasteiger partial charge in [-0.05, 0) is 26.0 Å². The van der Waals surface area contributed by atoms with Crippen LogP contribution in [-0.4, -0.2) is 11.5 Å². The zero-order valence-electron chi connectivity index (χ0n) is 11.3. The molecule has 0 saturated carbocycles. The molecule has 0 aliphatic heterocycles. The van der Waals surface area contributed by atoms with Crippen molar-refractivity contribution in [2.45, 2.75) is 33.7 Å². The molecule has 0 amide bonds. The molecule has 96 valence electrons. The van der Waals surface area contributed by atoms with Crippen molar-refractivity contribution in [2.24, 2.45) is 0 Å². The van der Waals surface area contributed by atoms with E-state index in [-0.39, 0.29) is 0 Å². The van der Waals surface area contributed by atoms with E-state index in [9.17, 15) is 0 Å². The van der Waals surface area contributed by atoms with Gasteiger partial charge >= 0.3 is 0 Å². The molecule has 1 N–H and O–H groups in total. The highest BCUT2D eigenvalue weighted by Crippen LogP contribution is 2.20. The Hall–Kier alpha value is -1.19. The Bertz CT molecular complexity index is 500. The van der Waals surface area contributed by atoms with Crippen molar-refractivity contribution in [2.75, 3.05) is 6.54 Å². The molecule has 2 rings (SSSR count). The quantitative estimate of drug-likeness (QED) is 0.890. The van der Waals surface area contributed by atoms with Gasteiger partial charge in [0.2, 0.25) is 0 Å². The lowest BCUT2D eigenvalue weighted by molar-refractivity contribution is 0.731. The molecule has 1 aromatic heterocycles. The van der Waals surface area contributed by atoms with E-state index in [4.69, 9.17) is 0 Å². The molecule has 0 fully saturated rings. The molecule has 0 aliphatic rings. The van der Waals surface area contributed by atoms with Gasteiger partial charge in [-0.3, -0.25) is 0 Å². The van der Waals surface area contributed by atoms with E-state index in [2.05, 4.69) is 55.3 Å². The van der Waals surface area contributed by atoms with E-state index in [0.29, 0.717) is 0 Å². The lowest BCUT2D eigenvalue weighted by Crippen LogP contribution is -2.11. The molecule has 18 heavy (non-hydrogen) atoms. The molecule has 0 atom stereocenters. The first-order valence-electron chi connectivity index (χ1n) is 6.40. The van der Waals surface area contributed by atoms with Gasteiger partial charge in [-0.15, -0.1) is 11.3 Å². The van der Waals surface area contributed by atoms with Crippen LogP contribution < -0.4 is 5.32 Å². The van der Waals surface area contributed by atoms with E-state index >= 15 is 0 Å². The third-order valence-electron chi connectivity index (χ3n) is 2.95. The summed E-state index contributed by atoms with van der Waals surface area (Å²) in [6.07, 6.45) is 0.942. The predicted molar refractivity (Wildman–Crippen MR) is 78.2 cm³/mol. The van der Waals surface area contributed by atoms with Crippen molar-refractivity contribution < 1.29 is 0 Å². The zero-order valence-corrected chi connectivity index (χ0v) is 12.1. The van der Waals surface area contributed by atoms with Crippen LogP contribution in [0.4, 0.5) is 0 Å². The molecule has 1 heterocycles. The van der Waals surface area contributed by atoms with Gasteiger partial charge in [0.25, 0.3) is 0 Å². The van der Waals surface area contributed by atoms with E-state index in [0.717, 1.165) is 19.5 Å². The Morgan fingerprint density at radius 3 is 2.56 bits per heavy atom. The molecular weight excluding hydrogens is 240 g/mol. The third-order valence-corrected chi connectivity index (χ3v) is 4.11. The number of aromatic nitrogens is 1. The number of nitrogens with one attached hydrogen (secondary N) is 1. The van der Waals surface area contributed by atoms with Crippen molar-refractivity contribution in [1.29, 1.82) is 0 Å². The minimum atomic E-state index is 0.938.